The normalized spacial score (nSPS) is 22.0. The zero-order valence-electron chi connectivity index (χ0n) is 17.9. The van der Waals surface area contributed by atoms with Crippen LogP contribution in [0.15, 0.2) is 18.2 Å². The van der Waals surface area contributed by atoms with E-state index in [0.717, 1.165) is 12.8 Å². The Morgan fingerprint density at radius 1 is 1.26 bits per heavy atom. The first kappa shape index (κ1) is 21.1. The molecule has 1 unspecified atom stereocenters. The van der Waals surface area contributed by atoms with Gasteiger partial charge in [0, 0.05) is 17.5 Å². The third-order valence-corrected chi connectivity index (χ3v) is 5.66. The van der Waals surface area contributed by atoms with Crippen molar-refractivity contribution >= 4 is 23.8 Å². The zero-order chi connectivity index (χ0) is 22.4. The van der Waals surface area contributed by atoms with Crippen molar-refractivity contribution in [3.05, 3.63) is 29.3 Å². The second kappa shape index (κ2) is 7.55. The summed E-state index contributed by atoms with van der Waals surface area (Å²) >= 11 is 0. The van der Waals surface area contributed by atoms with E-state index in [1.165, 1.54) is 4.90 Å². The first-order valence-corrected chi connectivity index (χ1v) is 10.5. The lowest BCUT2D eigenvalue weighted by Gasteiger charge is -2.29. The van der Waals surface area contributed by atoms with Gasteiger partial charge in [-0.15, -0.1) is 0 Å². The molecule has 0 bridgehead atoms. The molecule has 3 aliphatic rings. The number of carbonyl (C=O) groups excluding carboxylic acids is 4. The van der Waals surface area contributed by atoms with E-state index in [1.54, 1.807) is 39.0 Å². The second-order valence-corrected chi connectivity index (χ2v) is 9.38. The number of piperidine rings is 1. The SMILES string of the molecule is CC(C)(C)OC(=O)NC1(COc2cccc3c2CN(C2CCC(=O)NC2=O)C3=O)CC1. The van der Waals surface area contributed by atoms with E-state index >= 15 is 0 Å². The third-order valence-electron chi connectivity index (χ3n) is 5.66. The summed E-state index contributed by atoms with van der Waals surface area (Å²) in [6.07, 6.45) is 1.60. The topological polar surface area (TPSA) is 114 Å². The van der Waals surface area contributed by atoms with Crippen LogP contribution in [-0.4, -0.2) is 52.5 Å². The molecule has 31 heavy (non-hydrogen) atoms. The highest BCUT2D eigenvalue weighted by Crippen LogP contribution is 2.38. The van der Waals surface area contributed by atoms with Crippen LogP contribution in [0.3, 0.4) is 0 Å². The maximum absolute atomic E-state index is 12.9. The summed E-state index contributed by atoms with van der Waals surface area (Å²) in [5, 5.41) is 5.19. The van der Waals surface area contributed by atoms with Gasteiger partial charge in [-0.05, 0) is 52.2 Å². The largest absolute Gasteiger partial charge is 0.491 e. The number of nitrogens with one attached hydrogen (secondary N) is 2. The average molecular weight is 429 g/mol. The van der Waals surface area contributed by atoms with Crippen LogP contribution in [0.2, 0.25) is 0 Å². The van der Waals surface area contributed by atoms with Crippen LogP contribution in [0.4, 0.5) is 4.79 Å². The van der Waals surface area contributed by atoms with E-state index in [4.69, 9.17) is 9.47 Å². The molecule has 1 atom stereocenters. The Bertz CT molecular complexity index is 947. The summed E-state index contributed by atoms with van der Waals surface area (Å²) in [6.45, 7) is 5.92. The van der Waals surface area contributed by atoms with Gasteiger partial charge in [-0.3, -0.25) is 19.7 Å². The molecule has 0 radical (unpaired) electrons. The highest BCUT2D eigenvalue weighted by molar-refractivity contribution is 6.05. The number of amides is 4. The molecule has 0 aromatic heterocycles. The van der Waals surface area contributed by atoms with Gasteiger partial charge >= 0.3 is 6.09 Å². The summed E-state index contributed by atoms with van der Waals surface area (Å²) in [5.41, 5.74) is 0.148. The molecule has 1 aliphatic carbocycles. The van der Waals surface area contributed by atoms with E-state index in [0.29, 0.717) is 23.3 Å². The molecule has 4 rings (SSSR count). The maximum atomic E-state index is 12.9. The Kier molecular flexibility index (Phi) is 5.15. The van der Waals surface area contributed by atoms with Gasteiger partial charge in [0.1, 0.15) is 24.0 Å². The predicted molar refractivity (Wildman–Crippen MR) is 109 cm³/mol. The Balaban J connectivity index is 1.43. The molecule has 1 saturated heterocycles. The van der Waals surface area contributed by atoms with E-state index in [1.807, 2.05) is 0 Å². The van der Waals surface area contributed by atoms with Crippen molar-refractivity contribution in [2.75, 3.05) is 6.61 Å². The summed E-state index contributed by atoms with van der Waals surface area (Å²) in [4.78, 5) is 50.2. The fourth-order valence-corrected chi connectivity index (χ4v) is 3.88. The van der Waals surface area contributed by atoms with Gasteiger partial charge in [0.25, 0.3) is 5.91 Å². The van der Waals surface area contributed by atoms with E-state index in [9.17, 15) is 19.2 Å². The third kappa shape index (κ3) is 4.50. The Hall–Kier alpha value is -3.10. The molecule has 2 aliphatic heterocycles. The number of alkyl carbamates (subject to hydrolysis) is 1. The van der Waals surface area contributed by atoms with Crippen LogP contribution < -0.4 is 15.4 Å². The summed E-state index contributed by atoms with van der Waals surface area (Å²) in [7, 11) is 0. The Labute approximate surface area is 180 Å². The number of imide groups is 1. The highest BCUT2D eigenvalue weighted by Gasteiger charge is 2.46. The molecule has 2 fully saturated rings. The number of carbonyl (C=O) groups is 4. The lowest BCUT2D eigenvalue weighted by molar-refractivity contribution is -0.136. The lowest BCUT2D eigenvalue weighted by Crippen LogP contribution is -2.52. The van der Waals surface area contributed by atoms with Crippen LogP contribution >= 0.6 is 0 Å². The first-order chi connectivity index (χ1) is 14.6. The standard InChI is InChI=1S/C22H27N3O6/c1-21(2,3)31-20(29)24-22(9-10-22)12-30-16-6-4-5-13-14(16)11-25(19(13)28)15-7-8-17(26)23-18(15)27/h4-6,15H,7-12H2,1-3H3,(H,24,29)(H,23,26,27). The summed E-state index contributed by atoms with van der Waals surface area (Å²) in [6, 6.07) is 4.56. The van der Waals surface area contributed by atoms with Gasteiger partial charge in [-0.25, -0.2) is 4.79 Å². The first-order valence-electron chi connectivity index (χ1n) is 10.5. The molecule has 1 saturated carbocycles. The molecule has 1 aromatic carbocycles. The van der Waals surface area contributed by atoms with Gasteiger partial charge in [0.2, 0.25) is 11.8 Å². The van der Waals surface area contributed by atoms with Crippen molar-refractivity contribution in [3.63, 3.8) is 0 Å². The van der Waals surface area contributed by atoms with Gasteiger partial charge in [-0.1, -0.05) is 6.07 Å². The highest BCUT2D eigenvalue weighted by atomic mass is 16.6. The molecule has 9 nitrogen and oxygen atoms in total. The second-order valence-electron chi connectivity index (χ2n) is 9.38. The van der Waals surface area contributed by atoms with Crippen LogP contribution in [0.5, 0.6) is 5.75 Å². The number of benzene rings is 1. The van der Waals surface area contributed by atoms with Crippen LogP contribution in [0, 0.1) is 0 Å². The lowest BCUT2D eigenvalue weighted by atomic mass is 10.0. The molecular formula is C22H27N3O6. The van der Waals surface area contributed by atoms with Crippen molar-refractivity contribution in [1.82, 2.24) is 15.5 Å². The van der Waals surface area contributed by atoms with Crippen LogP contribution in [0.1, 0.15) is 62.4 Å². The number of fused-ring (bicyclic) bond motifs is 1. The Morgan fingerprint density at radius 3 is 2.65 bits per heavy atom. The molecule has 1 aromatic rings. The van der Waals surface area contributed by atoms with Crippen LogP contribution in [0.25, 0.3) is 0 Å². The van der Waals surface area contributed by atoms with Crippen molar-refractivity contribution in [1.29, 1.82) is 0 Å². The van der Waals surface area contributed by atoms with Crippen molar-refractivity contribution in [2.24, 2.45) is 0 Å². The van der Waals surface area contributed by atoms with Crippen molar-refractivity contribution in [3.8, 4) is 5.75 Å². The van der Waals surface area contributed by atoms with Crippen molar-refractivity contribution < 1.29 is 28.7 Å². The average Bonchev–Trinajstić information content (AvgIpc) is 3.34. The maximum Gasteiger partial charge on any atom is 0.408 e. The predicted octanol–water partition coefficient (Wildman–Crippen LogP) is 1.88. The monoisotopic (exact) mass is 429 g/mol. The molecule has 2 heterocycles. The van der Waals surface area contributed by atoms with Crippen LogP contribution in [-0.2, 0) is 20.9 Å². The van der Waals surface area contributed by atoms with Gasteiger partial charge in [0.15, 0.2) is 0 Å². The minimum atomic E-state index is -0.672. The van der Waals surface area contributed by atoms with Crippen molar-refractivity contribution in [2.45, 2.75) is 70.2 Å². The molecule has 2 N–H and O–H groups in total. The fourth-order valence-electron chi connectivity index (χ4n) is 3.88. The van der Waals surface area contributed by atoms with Gasteiger partial charge in [-0.2, -0.15) is 0 Å². The zero-order valence-corrected chi connectivity index (χ0v) is 17.9. The smallest absolute Gasteiger partial charge is 0.408 e. The number of ether oxygens (including phenoxy) is 2. The minimum Gasteiger partial charge on any atom is -0.491 e. The van der Waals surface area contributed by atoms with Gasteiger partial charge < -0.3 is 19.7 Å². The van der Waals surface area contributed by atoms with E-state index in [2.05, 4.69) is 10.6 Å². The number of hydrogen-bond acceptors (Lipinski definition) is 6. The molecular weight excluding hydrogens is 402 g/mol. The molecule has 9 heteroatoms. The minimum absolute atomic E-state index is 0.207. The fraction of sp³-hybridized carbons (Fsp3) is 0.545. The van der Waals surface area contributed by atoms with E-state index < -0.39 is 29.2 Å². The Morgan fingerprint density at radius 2 is 2.00 bits per heavy atom. The quantitative estimate of drug-likeness (QED) is 0.691. The number of rotatable bonds is 5. The molecule has 0 spiro atoms. The molecule has 166 valence electrons. The summed E-state index contributed by atoms with van der Waals surface area (Å²) < 4.78 is 11.4. The number of hydrogen-bond donors (Lipinski definition) is 2. The molecule has 4 amide bonds. The summed E-state index contributed by atoms with van der Waals surface area (Å²) in [5.74, 6) is -0.458. The number of nitrogens with zero attached hydrogens (tertiary/aromatic N) is 1. The van der Waals surface area contributed by atoms with Gasteiger partial charge in [0.05, 0.1) is 12.1 Å². The van der Waals surface area contributed by atoms with E-state index in [-0.39, 0.29) is 31.4 Å².